The first kappa shape index (κ1) is 19.2. The van der Waals surface area contributed by atoms with Crippen LogP contribution in [0.5, 0.6) is 0 Å². The number of thioether (sulfide) groups is 1. The summed E-state index contributed by atoms with van der Waals surface area (Å²) in [4.78, 5) is 13.0. The van der Waals surface area contributed by atoms with Crippen LogP contribution < -0.4 is 0 Å². The molecular formula is C21H23N3O2S. The molecule has 0 aliphatic rings. The number of allylic oxidation sites excluding steroid dienone is 1. The third kappa shape index (κ3) is 3.90. The molecule has 0 aliphatic heterocycles. The van der Waals surface area contributed by atoms with Gasteiger partial charge in [-0.1, -0.05) is 35.5 Å². The molecule has 0 bridgehead atoms. The summed E-state index contributed by atoms with van der Waals surface area (Å²) in [6.07, 6.45) is 3.43. The second-order valence-electron chi connectivity index (χ2n) is 6.54. The van der Waals surface area contributed by atoms with Gasteiger partial charge in [-0.15, -0.1) is 16.8 Å². The highest BCUT2D eigenvalue weighted by Gasteiger charge is 2.23. The molecule has 1 unspecified atom stereocenters. The van der Waals surface area contributed by atoms with E-state index in [0.717, 1.165) is 33.8 Å². The Morgan fingerprint density at radius 2 is 2.07 bits per heavy atom. The molecule has 0 saturated carbocycles. The molecule has 0 radical (unpaired) electrons. The molecule has 0 N–H and O–H groups in total. The van der Waals surface area contributed by atoms with Crippen molar-refractivity contribution in [3.8, 4) is 11.4 Å². The number of ketones is 1. The minimum absolute atomic E-state index is 0.0930. The van der Waals surface area contributed by atoms with Crippen molar-refractivity contribution in [2.75, 3.05) is 0 Å². The fraction of sp³-hybridized carbons (Fsp3) is 0.286. The van der Waals surface area contributed by atoms with Crippen molar-refractivity contribution in [2.24, 2.45) is 0 Å². The molecule has 0 saturated heterocycles. The summed E-state index contributed by atoms with van der Waals surface area (Å²) in [6, 6.07) is 7.83. The van der Waals surface area contributed by atoms with Crippen LogP contribution in [0.1, 0.15) is 34.2 Å². The number of aryl methyl sites for hydroxylation is 3. The van der Waals surface area contributed by atoms with Crippen LogP contribution in [-0.4, -0.2) is 25.8 Å². The lowest BCUT2D eigenvalue weighted by molar-refractivity contribution is 0.0993. The maximum absolute atomic E-state index is 13.0. The fourth-order valence-electron chi connectivity index (χ4n) is 2.92. The Morgan fingerprint density at radius 3 is 2.74 bits per heavy atom. The molecule has 6 heteroatoms. The third-order valence-corrected chi connectivity index (χ3v) is 5.52. The summed E-state index contributed by atoms with van der Waals surface area (Å²) in [5, 5.41) is 9.06. The van der Waals surface area contributed by atoms with Gasteiger partial charge in [-0.25, -0.2) is 0 Å². The topological polar surface area (TPSA) is 60.9 Å². The van der Waals surface area contributed by atoms with Gasteiger partial charge in [0.25, 0.3) is 0 Å². The Balaban J connectivity index is 1.90. The summed E-state index contributed by atoms with van der Waals surface area (Å²) in [7, 11) is 0. The molecule has 3 rings (SSSR count). The zero-order valence-corrected chi connectivity index (χ0v) is 16.8. The van der Waals surface area contributed by atoms with Gasteiger partial charge in [0.2, 0.25) is 0 Å². The number of Topliss-reactive ketones (excluding diaryl/α,β-unsaturated/α-hetero) is 1. The lowest BCUT2D eigenvalue weighted by Gasteiger charge is -2.13. The number of carbonyl (C=O) groups is 1. The molecule has 27 heavy (non-hydrogen) atoms. The van der Waals surface area contributed by atoms with Gasteiger partial charge in [0.05, 0.1) is 17.1 Å². The van der Waals surface area contributed by atoms with Gasteiger partial charge in [-0.3, -0.25) is 9.36 Å². The van der Waals surface area contributed by atoms with Crippen LogP contribution in [0.15, 0.2) is 52.8 Å². The molecule has 2 aromatic heterocycles. The van der Waals surface area contributed by atoms with E-state index in [1.54, 1.807) is 12.3 Å². The number of furan rings is 1. The van der Waals surface area contributed by atoms with Crippen LogP contribution in [0.25, 0.3) is 11.4 Å². The molecule has 0 aliphatic carbocycles. The number of carbonyl (C=O) groups excluding carboxylic acids is 1. The number of aromatic nitrogens is 3. The largest absolute Gasteiger partial charge is 0.469 e. The van der Waals surface area contributed by atoms with Gasteiger partial charge in [0.15, 0.2) is 16.8 Å². The van der Waals surface area contributed by atoms with Crippen molar-refractivity contribution in [3.63, 3.8) is 0 Å². The monoisotopic (exact) mass is 381 g/mol. The lowest BCUT2D eigenvalue weighted by atomic mass is 10.0. The first-order chi connectivity index (χ1) is 12.9. The first-order valence-electron chi connectivity index (χ1n) is 8.79. The van der Waals surface area contributed by atoms with Gasteiger partial charge in [0, 0.05) is 12.1 Å². The van der Waals surface area contributed by atoms with Crippen molar-refractivity contribution in [1.82, 2.24) is 14.8 Å². The van der Waals surface area contributed by atoms with E-state index in [1.807, 2.05) is 56.5 Å². The van der Waals surface area contributed by atoms with Gasteiger partial charge >= 0.3 is 0 Å². The minimum atomic E-state index is -0.281. The van der Waals surface area contributed by atoms with Crippen LogP contribution in [0, 0.1) is 20.8 Å². The Labute approximate surface area is 163 Å². The Morgan fingerprint density at radius 1 is 1.30 bits per heavy atom. The van der Waals surface area contributed by atoms with Crippen LogP contribution in [0.4, 0.5) is 0 Å². The molecule has 2 heterocycles. The number of hydrogen-bond acceptors (Lipinski definition) is 5. The Kier molecular flexibility index (Phi) is 5.65. The quantitative estimate of drug-likeness (QED) is 0.327. The SMILES string of the molecule is C=CCn1c(SC(C)C(=O)c2cc(C)ccc2C)nnc1-c1ccoc1C. The van der Waals surface area contributed by atoms with E-state index < -0.39 is 0 Å². The maximum Gasteiger partial charge on any atom is 0.192 e. The highest BCUT2D eigenvalue weighted by Crippen LogP contribution is 2.30. The van der Waals surface area contributed by atoms with Gasteiger partial charge in [-0.05, 0) is 45.4 Å². The smallest absolute Gasteiger partial charge is 0.192 e. The molecule has 0 spiro atoms. The average molecular weight is 382 g/mol. The van der Waals surface area contributed by atoms with Crippen LogP contribution >= 0.6 is 11.8 Å². The molecule has 140 valence electrons. The third-order valence-electron chi connectivity index (χ3n) is 4.44. The zero-order valence-electron chi connectivity index (χ0n) is 16.0. The maximum atomic E-state index is 13.0. The molecule has 1 atom stereocenters. The van der Waals surface area contributed by atoms with E-state index >= 15 is 0 Å². The van der Waals surface area contributed by atoms with Gasteiger partial charge < -0.3 is 4.42 Å². The van der Waals surface area contributed by atoms with Crippen molar-refractivity contribution >= 4 is 17.5 Å². The predicted octanol–water partition coefficient (Wildman–Crippen LogP) is 5.01. The summed E-state index contributed by atoms with van der Waals surface area (Å²) < 4.78 is 7.36. The molecule has 0 fully saturated rings. The standard InChI is InChI=1S/C21H23N3O2S/c1-6-10-24-20(17-9-11-26-15(17)4)22-23-21(24)27-16(5)19(25)18-12-13(2)7-8-14(18)3/h6-9,11-12,16H,1,10H2,2-5H3. The second-order valence-corrected chi connectivity index (χ2v) is 7.85. The van der Waals surface area contributed by atoms with E-state index in [9.17, 15) is 4.79 Å². The zero-order chi connectivity index (χ0) is 19.6. The van der Waals surface area contributed by atoms with Crippen molar-refractivity contribution in [2.45, 2.75) is 44.6 Å². The molecule has 5 nitrogen and oxygen atoms in total. The summed E-state index contributed by atoms with van der Waals surface area (Å²) in [5.74, 6) is 1.59. The molecular weight excluding hydrogens is 358 g/mol. The van der Waals surface area contributed by atoms with E-state index in [-0.39, 0.29) is 11.0 Å². The highest BCUT2D eigenvalue weighted by molar-refractivity contribution is 8.00. The minimum Gasteiger partial charge on any atom is -0.469 e. The lowest BCUT2D eigenvalue weighted by Crippen LogP contribution is -2.16. The Bertz CT molecular complexity index is 987. The van der Waals surface area contributed by atoms with Crippen LogP contribution in [-0.2, 0) is 6.54 Å². The van der Waals surface area contributed by atoms with Gasteiger partial charge in [-0.2, -0.15) is 0 Å². The van der Waals surface area contributed by atoms with Crippen molar-refractivity contribution in [3.05, 3.63) is 65.6 Å². The first-order valence-corrected chi connectivity index (χ1v) is 9.67. The average Bonchev–Trinajstić information content (AvgIpc) is 3.23. The van der Waals surface area contributed by atoms with E-state index in [0.29, 0.717) is 11.7 Å². The molecule has 1 aromatic carbocycles. The predicted molar refractivity (Wildman–Crippen MR) is 108 cm³/mol. The normalized spacial score (nSPS) is 12.1. The number of rotatable bonds is 7. The molecule has 0 amide bonds. The van der Waals surface area contributed by atoms with Crippen molar-refractivity contribution in [1.29, 1.82) is 0 Å². The van der Waals surface area contributed by atoms with E-state index in [2.05, 4.69) is 16.8 Å². The number of hydrogen-bond donors (Lipinski definition) is 0. The fourth-order valence-corrected chi connectivity index (χ4v) is 3.84. The number of nitrogens with zero attached hydrogens (tertiary/aromatic N) is 3. The number of benzene rings is 1. The Hall–Kier alpha value is -2.60. The van der Waals surface area contributed by atoms with Crippen molar-refractivity contribution < 1.29 is 9.21 Å². The second kappa shape index (κ2) is 7.96. The molecule has 3 aromatic rings. The highest BCUT2D eigenvalue weighted by atomic mass is 32.2. The summed E-state index contributed by atoms with van der Waals surface area (Å²) in [5.41, 5.74) is 3.72. The van der Waals surface area contributed by atoms with Crippen LogP contribution in [0.2, 0.25) is 0 Å². The summed E-state index contributed by atoms with van der Waals surface area (Å²) in [6.45, 7) is 12.1. The van der Waals surface area contributed by atoms with Crippen LogP contribution in [0.3, 0.4) is 0 Å². The van der Waals surface area contributed by atoms with Gasteiger partial charge in [0.1, 0.15) is 5.76 Å². The van der Waals surface area contributed by atoms with E-state index in [1.165, 1.54) is 11.8 Å². The summed E-state index contributed by atoms with van der Waals surface area (Å²) >= 11 is 1.41. The van der Waals surface area contributed by atoms with E-state index in [4.69, 9.17) is 4.42 Å².